The molecule has 0 radical (unpaired) electrons. The average Bonchev–Trinajstić information content (AvgIpc) is 2.34. The summed E-state index contributed by atoms with van der Waals surface area (Å²) in [5, 5.41) is 12.7. The van der Waals surface area contributed by atoms with Crippen molar-refractivity contribution in [2.75, 3.05) is 25.1 Å². The number of benzene rings is 1. The minimum Gasteiger partial charge on any atom is -0.384 e. The maximum Gasteiger partial charge on any atom is 0.103 e. The highest BCUT2D eigenvalue weighted by atomic mass is 35.5. The largest absolute Gasteiger partial charge is 0.384 e. The first kappa shape index (κ1) is 13.8. The first-order chi connectivity index (χ1) is 8.29. The van der Waals surface area contributed by atoms with Gasteiger partial charge in [0.15, 0.2) is 0 Å². The van der Waals surface area contributed by atoms with Gasteiger partial charge in [-0.05, 0) is 25.0 Å². The molecule has 0 atom stereocenters. The zero-order chi connectivity index (χ0) is 12.5. The van der Waals surface area contributed by atoms with Crippen molar-refractivity contribution in [3.63, 3.8) is 0 Å². The highest BCUT2D eigenvalue weighted by molar-refractivity contribution is 6.32. The quantitative estimate of drug-likeness (QED) is 0.756. The van der Waals surface area contributed by atoms with Crippen molar-refractivity contribution in [3.05, 3.63) is 28.8 Å². The van der Waals surface area contributed by atoms with Crippen LogP contribution in [0.15, 0.2) is 18.2 Å². The summed E-state index contributed by atoms with van der Waals surface area (Å²) in [7, 11) is 0. The zero-order valence-corrected chi connectivity index (χ0v) is 10.8. The highest BCUT2D eigenvalue weighted by Crippen LogP contribution is 2.22. The zero-order valence-electron chi connectivity index (χ0n) is 10.0. The molecule has 1 aromatic carbocycles. The molecule has 0 spiro atoms. The molecule has 1 N–H and O–H groups in total. The number of hydrogen-bond acceptors (Lipinski definition) is 3. The molecule has 17 heavy (non-hydrogen) atoms. The van der Waals surface area contributed by atoms with Gasteiger partial charge in [0, 0.05) is 19.8 Å². The summed E-state index contributed by atoms with van der Waals surface area (Å²) in [4.78, 5) is 0. The lowest BCUT2D eigenvalue weighted by Gasteiger charge is -2.09. The fraction of sp³-hybridized carbons (Fsp3) is 0.462. The maximum atomic E-state index is 8.97. The van der Waals surface area contributed by atoms with Crippen LogP contribution in [0.3, 0.4) is 0 Å². The lowest BCUT2D eigenvalue weighted by molar-refractivity contribution is 0.134. The molecule has 0 bridgehead atoms. The van der Waals surface area contributed by atoms with Crippen molar-refractivity contribution in [3.8, 4) is 6.07 Å². The van der Waals surface area contributed by atoms with Gasteiger partial charge >= 0.3 is 0 Å². The number of nitrogens with one attached hydrogen (secondary N) is 1. The lowest BCUT2D eigenvalue weighted by Crippen LogP contribution is -2.07. The summed E-state index contributed by atoms with van der Waals surface area (Å²) in [5.41, 5.74) is 1.29. The van der Waals surface area contributed by atoms with Crippen LogP contribution < -0.4 is 5.32 Å². The van der Waals surface area contributed by atoms with Gasteiger partial charge in [-0.15, -0.1) is 0 Å². The Morgan fingerprint density at radius 2 is 2.24 bits per heavy atom. The molecule has 0 saturated heterocycles. The van der Waals surface area contributed by atoms with Gasteiger partial charge in [0.05, 0.1) is 16.3 Å². The Kier molecular flexibility index (Phi) is 6.46. The van der Waals surface area contributed by atoms with E-state index >= 15 is 0 Å². The van der Waals surface area contributed by atoms with Crippen LogP contribution in [0.4, 0.5) is 5.69 Å². The molecular weight excluding hydrogens is 236 g/mol. The van der Waals surface area contributed by atoms with Gasteiger partial charge in [0.1, 0.15) is 6.07 Å². The lowest BCUT2D eigenvalue weighted by atomic mass is 10.2. The van der Waals surface area contributed by atoms with Crippen molar-refractivity contribution in [2.24, 2.45) is 0 Å². The molecule has 0 aliphatic carbocycles. The van der Waals surface area contributed by atoms with E-state index in [2.05, 4.69) is 18.3 Å². The second kappa shape index (κ2) is 7.94. The Labute approximate surface area is 107 Å². The first-order valence-electron chi connectivity index (χ1n) is 5.79. The number of ether oxygens (including phenoxy) is 1. The third-order valence-corrected chi connectivity index (χ3v) is 2.57. The smallest absolute Gasteiger partial charge is 0.103 e. The molecule has 0 aliphatic heterocycles. The van der Waals surface area contributed by atoms with Gasteiger partial charge in [-0.2, -0.15) is 5.26 Å². The van der Waals surface area contributed by atoms with Crippen molar-refractivity contribution in [1.82, 2.24) is 0 Å². The van der Waals surface area contributed by atoms with Gasteiger partial charge in [-0.3, -0.25) is 0 Å². The van der Waals surface area contributed by atoms with Crippen molar-refractivity contribution < 1.29 is 4.74 Å². The van der Waals surface area contributed by atoms with Crippen LogP contribution in [0.2, 0.25) is 5.02 Å². The summed E-state index contributed by atoms with van der Waals surface area (Å²) >= 11 is 5.92. The second-order valence-corrected chi connectivity index (χ2v) is 4.07. The molecule has 4 heteroatoms. The Hall–Kier alpha value is -1.24. The van der Waals surface area contributed by atoms with Crippen LogP contribution in [-0.4, -0.2) is 19.8 Å². The Morgan fingerprint density at radius 3 is 2.94 bits per heavy atom. The molecule has 0 unspecified atom stereocenters. The average molecular weight is 253 g/mol. The predicted molar refractivity (Wildman–Crippen MR) is 70.4 cm³/mol. The van der Waals surface area contributed by atoms with E-state index in [1.165, 1.54) is 0 Å². The fourth-order valence-electron chi connectivity index (χ4n) is 1.43. The Bertz CT molecular complexity index is 387. The summed E-state index contributed by atoms with van der Waals surface area (Å²) < 4.78 is 5.37. The summed E-state index contributed by atoms with van der Waals surface area (Å²) in [6.45, 7) is 4.41. The normalized spacial score (nSPS) is 9.94. The number of halogens is 1. The van der Waals surface area contributed by atoms with Crippen molar-refractivity contribution >= 4 is 17.3 Å². The fourth-order valence-corrected chi connectivity index (χ4v) is 1.65. The number of nitrogens with zero attached hydrogens (tertiary/aromatic N) is 1. The molecule has 0 fully saturated rings. The molecule has 0 amide bonds. The molecular formula is C13H17ClN2O. The molecule has 1 rings (SSSR count). The van der Waals surface area contributed by atoms with Crippen LogP contribution in [0.1, 0.15) is 25.3 Å². The van der Waals surface area contributed by atoms with Crippen LogP contribution >= 0.6 is 11.6 Å². The van der Waals surface area contributed by atoms with E-state index in [1.54, 1.807) is 6.07 Å². The molecule has 92 valence electrons. The highest BCUT2D eigenvalue weighted by Gasteiger charge is 2.04. The van der Waals surface area contributed by atoms with E-state index in [4.69, 9.17) is 21.6 Å². The van der Waals surface area contributed by atoms with E-state index in [-0.39, 0.29) is 0 Å². The van der Waals surface area contributed by atoms with E-state index in [0.29, 0.717) is 10.6 Å². The minimum absolute atomic E-state index is 0.486. The number of rotatable bonds is 7. The summed E-state index contributed by atoms with van der Waals surface area (Å²) in [6, 6.07) is 7.51. The third-order valence-electron chi connectivity index (χ3n) is 2.25. The molecule has 0 heterocycles. The van der Waals surface area contributed by atoms with E-state index in [1.807, 2.05) is 12.1 Å². The maximum absolute atomic E-state index is 8.97. The number of nitriles is 1. The molecule has 0 aromatic heterocycles. The summed E-state index contributed by atoms with van der Waals surface area (Å²) in [5.74, 6) is 0. The van der Waals surface area contributed by atoms with Gasteiger partial charge in [0.2, 0.25) is 0 Å². The SMILES string of the molecule is CCCOCCCNc1cccc(Cl)c1C#N. The van der Waals surface area contributed by atoms with Gasteiger partial charge < -0.3 is 10.1 Å². The van der Waals surface area contributed by atoms with E-state index in [0.717, 1.165) is 38.3 Å². The van der Waals surface area contributed by atoms with Gasteiger partial charge in [-0.25, -0.2) is 0 Å². The topological polar surface area (TPSA) is 45.0 Å². The molecule has 3 nitrogen and oxygen atoms in total. The number of hydrogen-bond donors (Lipinski definition) is 1. The predicted octanol–water partition coefficient (Wildman–Crippen LogP) is 3.44. The van der Waals surface area contributed by atoms with E-state index < -0.39 is 0 Å². The second-order valence-electron chi connectivity index (χ2n) is 3.67. The van der Waals surface area contributed by atoms with Crippen molar-refractivity contribution in [1.29, 1.82) is 5.26 Å². The standard InChI is InChI=1S/C13H17ClN2O/c1-2-8-17-9-4-7-16-13-6-3-5-12(14)11(13)10-15/h3,5-6,16H,2,4,7-9H2,1H3. The van der Waals surface area contributed by atoms with Crippen LogP contribution in [-0.2, 0) is 4.74 Å². The summed E-state index contributed by atoms with van der Waals surface area (Å²) in [6.07, 6.45) is 1.96. The monoisotopic (exact) mass is 252 g/mol. The van der Waals surface area contributed by atoms with Gasteiger partial charge in [-0.1, -0.05) is 24.6 Å². The molecule has 1 aromatic rings. The van der Waals surface area contributed by atoms with Crippen molar-refractivity contribution in [2.45, 2.75) is 19.8 Å². The van der Waals surface area contributed by atoms with Crippen LogP contribution in [0.25, 0.3) is 0 Å². The Morgan fingerprint density at radius 1 is 1.41 bits per heavy atom. The first-order valence-corrected chi connectivity index (χ1v) is 6.17. The third kappa shape index (κ3) is 4.64. The van der Waals surface area contributed by atoms with Crippen LogP contribution in [0.5, 0.6) is 0 Å². The van der Waals surface area contributed by atoms with Gasteiger partial charge in [0.25, 0.3) is 0 Å². The Balaban J connectivity index is 2.37. The minimum atomic E-state index is 0.486. The van der Waals surface area contributed by atoms with E-state index in [9.17, 15) is 0 Å². The van der Waals surface area contributed by atoms with Crippen LogP contribution in [0, 0.1) is 11.3 Å². The molecule has 0 saturated carbocycles. The number of anilines is 1. The molecule has 0 aliphatic rings.